The third kappa shape index (κ3) is 4.04. The van der Waals surface area contributed by atoms with Crippen molar-refractivity contribution in [3.8, 4) is 28.6 Å². The molecule has 0 saturated heterocycles. The Morgan fingerprint density at radius 3 is 2.35 bits per heavy atom. The maximum Gasteiger partial charge on any atom is 0.328 e. The van der Waals surface area contributed by atoms with E-state index in [1.807, 2.05) is 0 Å². The minimum Gasteiger partial charge on any atom is -0.493 e. The first kappa shape index (κ1) is 23.9. The first-order valence-corrected chi connectivity index (χ1v) is 11.4. The van der Waals surface area contributed by atoms with Crippen LogP contribution < -0.4 is 25.3 Å². The van der Waals surface area contributed by atoms with Crippen LogP contribution in [0.15, 0.2) is 74.7 Å². The number of aromatic nitrogens is 2. The molecule has 188 valence electrons. The van der Waals surface area contributed by atoms with Crippen LogP contribution in [0.2, 0.25) is 0 Å². The monoisotopic (exact) mass is 500 g/mol. The molecule has 0 radical (unpaired) electrons. The number of aryl methyl sites for hydroxylation is 2. The van der Waals surface area contributed by atoms with Gasteiger partial charge in [0.05, 0.1) is 30.6 Å². The van der Waals surface area contributed by atoms with E-state index in [2.05, 4.69) is 0 Å². The highest BCUT2D eigenvalue weighted by molar-refractivity contribution is 6.00. The van der Waals surface area contributed by atoms with Gasteiger partial charge in [-0.25, -0.2) is 4.79 Å². The minimum absolute atomic E-state index is 0.0903. The predicted molar refractivity (Wildman–Crippen MR) is 139 cm³/mol. The molecule has 3 aromatic carbocycles. The Labute approximate surface area is 211 Å². The molecule has 0 aliphatic rings. The van der Waals surface area contributed by atoms with Crippen molar-refractivity contribution in [3.05, 3.63) is 86.9 Å². The lowest BCUT2D eigenvalue weighted by molar-refractivity contribution is 0.0920. The molecule has 37 heavy (non-hydrogen) atoms. The number of methoxy groups -OCH3 is 2. The first-order valence-electron chi connectivity index (χ1n) is 11.4. The van der Waals surface area contributed by atoms with E-state index in [4.69, 9.17) is 18.6 Å². The second-order valence-corrected chi connectivity index (χ2v) is 8.47. The summed E-state index contributed by atoms with van der Waals surface area (Å²) in [5, 5.41) is 0.329. The topological polar surface area (TPSA) is 102 Å². The third-order valence-corrected chi connectivity index (χ3v) is 6.34. The smallest absolute Gasteiger partial charge is 0.328 e. The number of ether oxygens (including phenoxy) is 3. The van der Waals surface area contributed by atoms with Crippen LogP contribution in [0.25, 0.3) is 33.3 Å². The van der Waals surface area contributed by atoms with Gasteiger partial charge in [0.2, 0.25) is 11.2 Å². The molecule has 0 saturated carbocycles. The van der Waals surface area contributed by atoms with E-state index >= 15 is 0 Å². The van der Waals surface area contributed by atoms with Gasteiger partial charge in [-0.2, -0.15) is 0 Å². The van der Waals surface area contributed by atoms with E-state index in [1.165, 1.54) is 23.4 Å². The first-order chi connectivity index (χ1) is 17.8. The van der Waals surface area contributed by atoms with Crippen molar-refractivity contribution in [2.24, 2.45) is 14.1 Å². The number of Topliss-reactive ketones (excluding diaryl/α,β-unsaturated/α-hetero) is 1. The molecule has 0 atom stereocenters. The van der Waals surface area contributed by atoms with Crippen LogP contribution in [0.3, 0.4) is 0 Å². The average Bonchev–Trinajstić information content (AvgIpc) is 3.15. The summed E-state index contributed by atoms with van der Waals surface area (Å²) in [7, 11) is 6.35. The van der Waals surface area contributed by atoms with E-state index in [9.17, 15) is 14.4 Å². The summed E-state index contributed by atoms with van der Waals surface area (Å²) in [4.78, 5) is 38.7. The van der Waals surface area contributed by atoms with Gasteiger partial charge in [-0.15, -0.1) is 0 Å². The van der Waals surface area contributed by atoms with Gasteiger partial charge < -0.3 is 18.6 Å². The standard InChI is InChI=1S/C28H24N2O7/c1-29-19-11-9-16(13-20(19)30(2)28(29)33)21(31)15-36-27-25(32)18-7-5-6-8-22(18)37-26(27)17-10-12-23(34-3)24(14-17)35-4/h5-14H,15H2,1-4H3. The SMILES string of the molecule is COc1ccc(-c2oc3ccccc3c(=O)c2OCC(=O)c2ccc3c(c2)n(C)c(=O)n3C)cc1OC. The van der Waals surface area contributed by atoms with Crippen LogP contribution >= 0.6 is 0 Å². The number of nitrogens with zero attached hydrogens (tertiary/aromatic N) is 2. The number of para-hydroxylation sites is 1. The van der Waals surface area contributed by atoms with Gasteiger partial charge in [0.15, 0.2) is 29.6 Å². The lowest BCUT2D eigenvalue weighted by atomic mass is 10.1. The summed E-state index contributed by atoms with van der Waals surface area (Å²) in [6.07, 6.45) is 0. The van der Waals surface area contributed by atoms with Crippen LogP contribution in [-0.2, 0) is 14.1 Å². The van der Waals surface area contributed by atoms with Crippen molar-refractivity contribution in [1.82, 2.24) is 9.13 Å². The van der Waals surface area contributed by atoms with Gasteiger partial charge in [0.1, 0.15) is 5.58 Å². The van der Waals surface area contributed by atoms with Crippen LogP contribution in [-0.4, -0.2) is 35.7 Å². The molecule has 9 nitrogen and oxygen atoms in total. The van der Waals surface area contributed by atoms with Gasteiger partial charge >= 0.3 is 5.69 Å². The zero-order valence-electron chi connectivity index (χ0n) is 20.7. The maximum absolute atomic E-state index is 13.4. The second kappa shape index (κ2) is 9.34. The molecule has 5 rings (SSSR count). The zero-order chi connectivity index (χ0) is 26.3. The fourth-order valence-corrected chi connectivity index (χ4v) is 4.32. The summed E-state index contributed by atoms with van der Waals surface area (Å²) in [5.74, 6) is 0.673. The Bertz CT molecular complexity index is 1790. The minimum atomic E-state index is -0.407. The highest BCUT2D eigenvalue weighted by Gasteiger charge is 2.21. The number of benzene rings is 3. The fraction of sp³-hybridized carbons (Fsp3) is 0.179. The van der Waals surface area contributed by atoms with Gasteiger partial charge in [0.25, 0.3) is 0 Å². The number of hydrogen-bond donors (Lipinski definition) is 0. The number of hydrogen-bond acceptors (Lipinski definition) is 7. The van der Waals surface area contributed by atoms with Gasteiger partial charge in [-0.3, -0.25) is 18.7 Å². The number of imidazole rings is 1. The Morgan fingerprint density at radius 2 is 1.59 bits per heavy atom. The van der Waals surface area contributed by atoms with Crippen LogP contribution in [0.1, 0.15) is 10.4 Å². The Hall–Kier alpha value is -4.79. The van der Waals surface area contributed by atoms with Crippen molar-refractivity contribution in [2.45, 2.75) is 0 Å². The van der Waals surface area contributed by atoms with E-state index in [-0.39, 0.29) is 23.0 Å². The Morgan fingerprint density at radius 1 is 0.865 bits per heavy atom. The quantitative estimate of drug-likeness (QED) is 0.312. The molecule has 0 fully saturated rings. The predicted octanol–water partition coefficient (Wildman–Crippen LogP) is 3.93. The normalized spacial score (nSPS) is 11.1. The van der Waals surface area contributed by atoms with Crippen molar-refractivity contribution in [1.29, 1.82) is 0 Å². The molecule has 2 heterocycles. The van der Waals surface area contributed by atoms with Crippen molar-refractivity contribution in [3.63, 3.8) is 0 Å². The molecule has 0 aliphatic carbocycles. The van der Waals surface area contributed by atoms with Gasteiger partial charge in [-0.1, -0.05) is 12.1 Å². The van der Waals surface area contributed by atoms with Gasteiger partial charge in [0, 0.05) is 25.2 Å². The third-order valence-electron chi connectivity index (χ3n) is 6.34. The number of rotatable bonds is 7. The molecule has 9 heteroatoms. The van der Waals surface area contributed by atoms with E-state index < -0.39 is 12.0 Å². The summed E-state index contributed by atoms with van der Waals surface area (Å²) in [5.41, 5.74) is 1.98. The van der Waals surface area contributed by atoms with Crippen LogP contribution in [0, 0.1) is 0 Å². The number of carbonyl (C=O) groups excluding carboxylic acids is 1. The number of fused-ring (bicyclic) bond motifs is 2. The van der Waals surface area contributed by atoms with E-state index in [1.54, 1.807) is 74.8 Å². The lowest BCUT2D eigenvalue weighted by Gasteiger charge is -2.13. The molecule has 0 spiro atoms. The summed E-state index contributed by atoms with van der Waals surface area (Å²) >= 11 is 0. The largest absolute Gasteiger partial charge is 0.493 e. The highest BCUT2D eigenvalue weighted by atomic mass is 16.5. The van der Waals surface area contributed by atoms with E-state index in [0.29, 0.717) is 44.6 Å². The van der Waals surface area contributed by atoms with Crippen molar-refractivity contribution in [2.75, 3.05) is 20.8 Å². The molecule has 0 amide bonds. The number of carbonyl (C=O) groups is 1. The second-order valence-electron chi connectivity index (χ2n) is 8.47. The molecule has 5 aromatic rings. The van der Waals surface area contributed by atoms with Crippen LogP contribution in [0.5, 0.6) is 17.2 Å². The summed E-state index contributed by atoms with van der Waals surface area (Å²) in [6.45, 7) is -0.407. The van der Waals surface area contributed by atoms with E-state index in [0.717, 1.165) is 0 Å². The molecule has 0 N–H and O–H groups in total. The molecule has 0 unspecified atom stereocenters. The fourth-order valence-electron chi connectivity index (χ4n) is 4.32. The molecule has 0 bridgehead atoms. The van der Waals surface area contributed by atoms with Crippen molar-refractivity contribution >= 4 is 27.8 Å². The summed E-state index contributed by atoms with van der Waals surface area (Å²) in [6, 6.07) is 16.9. The summed E-state index contributed by atoms with van der Waals surface area (Å²) < 4.78 is 25.6. The molecular formula is C28H24N2O7. The molecule has 2 aromatic heterocycles. The maximum atomic E-state index is 13.4. The average molecular weight is 501 g/mol. The van der Waals surface area contributed by atoms with Crippen molar-refractivity contribution < 1.29 is 23.4 Å². The highest BCUT2D eigenvalue weighted by Crippen LogP contribution is 2.36. The van der Waals surface area contributed by atoms with Crippen LogP contribution in [0.4, 0.5) is 0 Å². The Kier molecular flexibility index (Phi) is 6.04. The zero-order valence-corrected chi connectivity index (χ0v) is 20.7. The molecular weight excluding hydrogens is 476 g/mol. The Balaban J connectivity index is 1.55. The lowest BCUT2D eigenvalue weighted by Crippen LogP contribution is -2.19. The number of ketones is 1. The van der Waals surface area contributed by atoms with Gasteiger partial charge in [-0.05, 0) is 48.5 Å². The molecule has 0 aliphatic heterocycles.